The van der Waals surface area contributed by atoms with Gasteiger partial charge in [-0.1, -0.05) is 17.8 Å². The Morgan fingerprint density at radius 3 is 3.03 bits per heavy atom. The number of benzene rings is 1. The van der Waals surface area contributed by atoms with Crippen LogP contribution in [0.2, 0.25) is 0 Å². The monoisotopic (exact) mass is 466 g/mol. The largest absolute Gasteiger partial charge is 0.440 e. The van der Waals surface area contributed by atoms with Crippen molar-refractivity contribution in [1.82, 2.24) is 29.6 Å². The lowest BCUT2D eigenvalue weighted by molar-refractivity contribution is 0.299. The fourth-order valence-electron chi connectivity index (χ4n) is 5.16. The number of fused-ring (bicyclic) bond motifs is 2. The van der Waals surface area contributed by atoms with Crippen LogP contribution in [0.4, 0.5) is 0 Å². The lowest BCUT2D eigenvalue weighted by atomic mass is 9.95. The minimum absolute atomic E-state index is 0.382. The number of aryl methyl sites for hydroxylation is 2. The van der Waals surface area contributed by atoms with Crippen molar-refractivity contribution in [2.45, 2.75) is 37.3 Å². The van der Waals surface area contributed by atoms with E-state index in [9.17, 15) is 0 Å². The van der Waals surface area contributed by atoms with Crippen molar-refractivity contribution in [2.75, 3.05) is 25.4 Å². The summed E-state index contributed by atoms with van der Waals surface area (Å²) in [7, 11) is 1.98. The second kappa shape index (κ2) is 7.67. The molecule has 0 spiro atoms. The van der Waals surface area contributed by atoms with E-state index in [1.807, 2.05) is 29.9 Å². The lowest BCUT2D eigenvalue weighted by Crippen LogP contribution is -2.27. The van der Waals surface area contributed by atoms with Crippen molar-refractivity contribution >= 4 is 33.3 Å². The summed E-state index contributed by atoms with van der Waals surface area (Å²) in [4.78, 5) is 11.4. The lowest BCUT2D eigenvalue weighted by Gasteiger charge is -2.21. The molecule has 6 rings (SSSR count). The number of nitrogens with zero attached hydrogens (tertiary/aromatic N) is 6. The zero-order valence-corrected chi connectivity index (χ0v) is 20.2. The highest BCUT2D eigenvalue weighted by molar-refractivity contribution is 7.99. The highest BCUT2D eigenvalue weighted by Crippen LogP contribution is 2.59. The summed E-state index contributed by atoms with van der Waals surface area (Å²) in [6.45, 7) is 7.56. The maximum Gasteiger partial charge on any atom is 0.202 e. The van der Waals surface area contributed by atoms with Gasteiger partial charge in [0.25, 0.3) is 0 Å². The number of rotatable bonds is 7. The topological polar surface area (TPSA) is 72.9 Å². The van der Waals surface area contributed by atoms with Crippen LogP contribution in [0.1, 0.15) is 29.1 Å². The van der Waals surface area contributed by atoms with Gasteiger partial charge in [0.05, 0.1) is 20.9 Å². The van der Waals surface area contributed by atoms with Gasteiger partial charge in [-0.2, -0.15) is 0 Å². The molecule has 32 heavy (non-hydrogen) atoms. The molecular weight excluding hydrogens is 440 g/mol. The number of thiazole rings is 1. The van der Waals surface area contributed by atoms with Gasteiger partial charge < -0.3 is 13.9 Å². The fourth-order valence-corrected chi connectivity index (χ4v) is 6.86. The van der Waals surface area contributed by atoms with Crippen LogP contribution in [0, 0.1) is 19.8 Å². The number of aromatic nitrogens is 5. The predicted octanol–water partition coefficient (Wildman–Crippen LogP) is 4.45. The molecule has 3 aromatic heterocycles. The number of hydrogen-bond donors (Lipinski definition) is 0. The molecule has 1 aliphatic carbocycles. The Kier molecular flexibility index (Phi) is 4.89. The van der Waals surface area contributed by atoms with E-state index in [4.69, 9.17) is 4.42 Å². The molecule has 9 heteroatoms. The van der Waals surface area contributed by atoms with Gasteiger partial charge in [-0.25, -0.2) is 9.97 Å². The maximum absolute atomic E-state index is 5.47. The summed E-state index contributed by atoms with van der Waals surface area (Å²) in [6.07, 6.45) is 3.93. The third kappa shape index (κ3) is 3.38. The summed E-state index contributed by atoms with van der Waals surface area (Å²) in [5.74, 6) is 3.27. The van der Waals surface area contributed by atoms with Crippen molar-refractivity contribution < 1.29 is 4.42 Å². The first-order chi connectivity index (χ1) is 15.5. The number of piperidine rings is 1. The van der Waals surface area contributed by atoms with Crippen LogP contribution in [0.3, 0.4) is 0 Å². The van der Waals surface area contributed by atoms with Crippen LogP contribution < -0.4 is 0 Å². The molecule has 0 amide bonds. The average Bonchev–Trinajstić information content (AvgIpc) is 3.20. The van der Waals surface area contributed by atoms with Crippen molar-refractivity contribution in [3.8, 4) is 11.6 Å². The van der Waals surface area contributed by atoms with E-state index in [2.05, 4.69) is 50.2 Å². The molecule has 166 valence electrons. The first-order valence-corrected chi connectivity index (χ1v) is 12.9. The molecule has 0 radical (unpaired) electrons. The van der Waals surface area contributed by atoms with Gasteiger partial charge in [0.15, 0.2) is 17.3 Å². The molecule has 4 aromatic rings. The molecule has 0 N–H and O–H groups in total. The molecule has 1 saturated carbocycles. The quantitative estimate of drug-likeness (QED) is 0.294. The van der Waals surface area contributed by atoms with Crippen LogP contribution in [-0.4, -0.2) is 55.0 Å². The number of likely N-dealkylation sites (tertiary alicyclic amines) is 1. The van der Waals surface area contributed by atoms with Gasteiger partial charge >= 0.3 is 0 Å². The highest BCUT2D eigenvalue weighted by atomic mass is 32.2. The Balaban J connectivity index is 1.04. The summed E-state index contributed by atoms with van der Waals surface area (Å²) < 4.78 is 8.80. The number of thioether (sulfide) groups is 1. The number of hydrogen-bond acceptors (Lipinski definition) is 8. The second-order valence-electron chi connectivity index (χ2n) is 9.04. The summed E-state index contributed by atoms with van der Waals surface area (Å²) in [5, 5.41) is 10.7. The van der Waals surface area contributed by atoms with Crippen LogP contribution in [0.25, 0.3) is 21.8 Å². The normalized spacial score (nSPS) is 22.7. The van der Waals surface area contributed by atoms with Crippen LogP contribution in [0.15, 0.2) is 34.2 Å². The third-order valence-corrected chi connectivity index (χ3v) is 8.96. The summed E-state index contributed by atoms with van der Waals surface area (Å²) in [6, 6.07) is 6.94. The van der Waals surface area contributed by atoms with Crippen LogP contribution >= 0.6 is 23.1 Å². The van der Waals surface area contributed by atoms with Crippen molar-refractivity contribution in [2.24, 2.45) is 13.0 Å². The molecule has 2 aliphatic rings. The Labute approximate surface area is 195 Å². The van der Waals surface area contributed by atoms with E-state index in [1.165, 1.54) is 36.2 Å². The minimum Gasteiger partial charge on any atom is -0.440 e. The van der Waals surface area contributed by atoms with Crippen LogP contribution in [0.5, 0.6) is 0 Å². The van der Waals surface area contributed by atoms with Gasteiger partial charge in [0.2, 0.25) is 5.82 Å². The minimum atomic E-state index is 0.382. The second-order valence-corrected chi connectivity index (χ2v) is 11.3. The summed E-state index contributed by atoms with van der Waals surface area (Å²) >= 11 is 3.57. The van der Waals surface area contributed by atoms with E-state index < -0.39 is 0 Å². The molecule has 1 unspecified atom stereocenters. The Bertz CT molecular complexity index is 1290. The van der Waals surface area contributed by atoms with Gasteiger partial charge in [-0.05, 0) is 56.8 Å². The van der Waals surface area contributed by atoms with Crippen LogP contribution in [-0.2, 0) is 12.5 Å². The third-order valence-electron chi connectivity index (χ3n) is 6.92. The molecule has 1 aliphatic heterocycles. The first-order valence-electron chi connectivity index (χ1n) is 11.1. The van der Waals surface area contributed by atoms with Gasteiger partial charge in [0.1, 0.15) is 0 Å². The first kappa shape index (κ1) is 20.4. The Morgan fingerprint density at radius 1 is 1.28 bits per heavy atom. The predicted molar refractivity (Wildman–Crippen MR) is 127 cm³/mol. The molecule has 2 atom stereocenters. The van der Waals surface area contributed by atoms with E-state index in [0.29, 0.717) is 11.2 Å². The van der Waals surface area contributed by atoms with E-state index in [1.54, 1.807) is 11.8 Å². The average molecular weight is 467 g/mol. The molecule has 4 heterocycles. The summed E-state index contributed by atoms with van der Waals surface area (Å²) in [5.41, 5.74) is 3.88. The molecule has 2 fully saturated rings. The fraction of sp³-hybridized carbons (Fsp3) is 0.478. The van der Waals surface area contributed by atoms with Crippen molar-refractivity contribution in [1.29, 1.82) is 0 Å². The van der Waals surface area contributed by atoms with Crippen molar-refractivity contribution in [3.63, 3.8) is 0 Å². The SMILES string of the molecule is Cc1nc2ccc(C34C[C@H]3CN(CCCSc3nnc(-c5ocnc5C)n3C)C4)cc2s1. The smallest absolute Gasteiger partial charge is 0.202 e. The molecule has 1 aromatic carbocycles. The van der Waals surface area contributed by atoms with E-state index in [0.717, 1.165) is 51.8 Å². The van der Waals surface area contributed by atoms with E-state index in [-0.39, 0.29) is 0 Å². The molecule has 1 saturated heterocycles. The molecular formula is C23H26N6OS2. The van der Waals surface area contributed by atoms with Gasteiger partial charge in [0, 0.05) is 31.3 Å². The van der Waals surface area contributed by atoms with Crippen molar-refractivity contribution in [3.05, 3.63) is 40.9 Å². The Hall–Kier alpha value is -2.23. The van der Waals surface area contributed by atoms with Gasteiger partial charge in [-0.3, -0.25) is 0 Å². The zero-order valence-electron chi connectivity index (χ0n) is 18.5. The Morgan fingerprint density at radius 2 is 2.19 bits per heavy atom. The maximum atomic E-state index is 5.47. The standard InChI is InChI=1S/C23H26N6OS2/c1-14-20(30-13-24-14)21-26-27-22(28(21)3)31-8-4-7-29-11-17-10-23(17,12-29)16-5-6-18-19(9-16)32-15(2)25-18/h5-6,9,13,17H,4,7-8,10-12H2,1-3H3/t17-,23?/m0/s1. The number of oxazole rings is 1. The molecule has 0 bridgehead atoms. The zero-order chi connectivity index (χ0) is 21.9. The van der Waals surface area contributed by atoms with Gasteiger partial charge in [-0.15, -0.1) is 21.5 Å². The molecule has 7 nitrogen and oxygen atoms in total. The van der Waals surface area contributed by atoms with E-state index >= 15 is 0 Å². The highest BCUT2D eigenvalue weighted by Gasteiger charge is 2.60.